The van der Waals surface area contributed by atoms with E-state index >= 15 is 0 Å². The first-order chi connectivity index (χ1) is 10.2. The number of rotatable bonds is 1. The van der Waals surface area contributed by atoms with Gasteiger partial charge in [0.25, 0.3) is 11.2 Å². The van der Waals surface area contributed by atoms with E-state index in [1.54, 1.807) is 0 Å². The van der Waals surface area contributed by atoms with Crippen LogP contribution in [0.3, 0.4) is 0 Å². The molecule has 104 valence electrons. The lowest BCUT2D eigenvalue weighted by molar-refractivity contribution is -0.636. The number of fused-ring (bicyclic) bond motifs is 3. The Morgan fingerprint density at radius 3 is 2.52 bits per heavy atom. The Morgan fingerprint density at radius 1 is 1.00 bits per heavy atom. The number of aromatic nitrogens is 2. The second-order valence-corrected chi connectivity index (χ2v) is 5.51. The van der Waals surface area contributed by atoms with Crippen molar-refractivity contribution >= 4 is 22.1 Å². The first kappa shape index (κ1) is 12.2. The molecule has 0 amide bonds. The summed E-state index contributed by atoms with van der Waals surface area (Å²) in [5, 5.41) is 1.22. The van der Waals surface area contributed by atoms with Gasteiger partial charge in [0.2, 0.25) is 0 Å². The highest BCUT2D eigenvalue weighted by Gasteiger charge is 2.27. The van der Waals surface area contributed by atoms with Crippen molar-refractivity contribution in [3.63, 3.8) is 0 Å². The quantitative estimate of drug-likeness (QED) is 0.486. The third-order valence-electron chi connectivity index (χ3n) is 4.24. The minimum Gasteiger partial charge on any atom is -0.380 e. The highest BCUT2D eigenvalue weighted by atomic mass is 16.4. The van der Waals surface area contributed by atoms with Crippen LogP contribution in [0, 0.1) is 6.92 Å². The summed E-state index contributed by atoms with van der Waals surface area (Å²) in [5.74, 6) is 0.902. The van der Waals surface area contributed by atoms with Crippen LogP contribution in [0.25, 0.3) is 33.6 Å². The van der Waals surface area contributed by atoms with E-state index in [4.69, 9.17) is 4.42 Å². The lowest BCUT2D eigenvalue weighted by Gasteiger charge is -1.99. The molecule has 0 bridgehead atoms. The summed E-state index contributed by atoms with van der Waals surface area (Å²) < 4.78 is 10.5. The molecule has 0 fully saturated rings. The van der Waals surface area contributed by atoms with E-state index in [0.29, 0.717) is 0 Å². The van der Waals surface area contributed by atoms with Crippen molar-refractivity contribution in [1.82, 2.24) is 4.57 Å². The monoisotopic (exact) mass is 277 g/mol. The number of oxazole rings is 1. The van der Waals surface area contributed by atoms with Gasteiger partial charge in [0.1, 0.15) is 7.05 Å². The fourth-order valence-corrected chi connectivity index (χ4v) is 3.10. The molecule has 2 aromatic carbocycles. The minimum absolute atomic E-state index is 0.902. The molecular weight excluding hydrogens is 260 g/mol. The number of nitrogens with zero attached hydrogens (tertiary/aromatic N) is 2. The van der Waals surface area contributed by atoms with Crippen molar-refractivity contribution in [1.29, 1.82) is 0 Å². The summed E-state index contributed by atoms with van der Waals surface area (Å²) in [6.07, 6.45) is 0. The molecule has 0 N–H and O–H groups in total. The molecule has 0 saturated heterocycles. The molecule has 0 aliphatic carbocycles. The zero-order valence-electron chi connectivity index (χ0n) is 12.4. The van der Waals surface area contributed by atoms with Crippen LogP contribution in [0.15, 0.2) is 52.9 Å². The summed E-state index contributed by atoms with van der Waals surface area (Å²) in [4.78, 5) is 0. The predicted molar refractivity (Wildman–Crippen MR) is 84.0 cm³/mol. The molecule has 2 heterocycles. The van der Waals surface area contributed by atoms with Gasteiger partial charge in [0.05, 0.1) is 16.5 Å². The number of hydrogen-bond acceptors (Lipinski definition) is 1. The molecular formula is C18H17N2O+. The molecule has 0 unspecified atom stereocenters. The second kappa shape index (κ2) is 4.22. The number of hydrogen-bond donors (Lipinski definition) is 0. The van der Waals surface area contributed by atoms with Crippen LogP contribution in [0.2, 0.25) is 0 Å². The molecule has 0 spiro atoms. The van der Waals surface area contributed by atoms with Gasteiger partial charge in [0.15, 0.2) is 0 Å². The molecule has 4 rings (SSSR count). The maximum atomic E-state index is 6.21. The summed E-state index contributed by atoms with van der Waals surface area (Å²) in [7, 11) is 4.12. The van der Waals surface area contributed by atoms with Gasteiger partial charge in [0, 0.05) is 7.05 Å². The Morgan fingerprint density at radius 2 is 1.71 bits per heavy atom. The molecule has 3 heteroatoms. The maximum Gasteiger partial charge on any atom is 0.382 e. The Kier molecular flexibility index (Phi) is 2.45. The van der Waals surface area contributed by atoms with Crippen LogP contribution < -0.4 is 4.57 Å². The molecule has 0 aliphatic rings. The number of benzene rings is 2. The smallest absolute Gasteiger partial charge is 0.380 e. The lowest BCUT2D eigenvalue weighted by Crippen LogP contribution is -2.28. The van der Waals surface area contributed by atoms with Crippen molar-refractivity contribution < 1.29 is 8.98 Å². The van der Waals surface area contributed by atoms with Crippen molar-refractivity contribution in [2.24, 2.45) is 14.1 Å². The van der Waals surface area contributed by atoms with Crippen molar-refractivity contribution in [2.45, 2.75) is 6.92 Å². The lowest BCUT2D eigenvalue weighted by atomic mass is 10.1. The van der Waals surface area contributed by atoms with Gasteiger partial charge in [-0.1, -0.05) is 30.3 Å². The summed E-state index contributed by atoms with van der Waals surface area (Å²) in [6, 6.07) is 16.7. The van der Waals surface area contributed by atoms with Gasteiger partial charge >= 0.3 is 5.89 Å². The van der Waals surface area contributed by atoms with Gasteiger partial charge in [-0.25, -0.2) is 0 Å². The van der Waals surface area contributed by atoms with Crippen LogP contribution >= 0.6 is 0 Å². The maximum absolute atomic E-state index is 6.21. The number of para-hydroxylation sites is 1. The van der Waals surface area contributed by atoms with Crippen LogP contribution in [0.1, 0.15) is 5.56 Å². The van der Waals surface area contributed by atoms with Gasteiger partial charge in [-0.2, -0.15) is 4.57 Å². The standard InChI is InChI=1S/C18H17N2O/c1-12-8-4-5-9-13(12)17-20(3)16-14-10-6-7-11-15(14)19(2)18(16)21-17/h4-11H,1-3H3/q+1. The SMILES string of the molecule is Cc1ccccc1-c1oc2c(c3ccccc3n2C)[n+]1C. The van der Waals surface area contributed by atoms with E-state index in [1.807, 2.05) is 6.07 Å². The molecule has 0 atom stereocenters. The van der Waals surface area contributed by atoms with E-state index in [0.717, 1.165) is 22.7 Å². The van der Waals surface area contributed by atoms with E-state index in [9.17, 15) is 0 Å². The van der Waals surface area contributed by atoms with Crippen LogP contribution in [0.5, 0.6) is 0 Å². The summed E-state index contributed by atoms with van der Waals surface area (Å²) in [6.45, 7) is 2.11. The first-order valence-corrected chi connectivity index (χ1v) is 7.10. The molecule has 21 heavy (non-hydrogen) atoms. The van der Waals surface area contributed by atoms with E-state index in [2.05, 4.69) is 72.6 Å². The molecule has 3 nitrogen and oxygen atoms in total. The zero-order valence-corrected chi connectivity index (χ0v) is 12.4. The Labute approximate surface area is 123 Å². The fourth-order valence-electron chi connectivity index (χ4n) is 3.10. The molecule has 0 saturated carbocycles. The van der Waals surface area contributed by atoms with E-state index < -0.39 is 0 Å². The highest BCUT2D eigenvalue weighted by Crippen LogP contribution is 2.30. The topological polar surface area (TPSA) is 21.9 Å². The van der Waals surface area contributed by atoms with Crippen LogP contribution in [-0.2, 0) is 14.1 Å². The highest BCUT2D eigenvalue weighted by molar-refractivity contribution is 6.02. The normalized spacial score (nSPS) is 11.6. The summed E-state index contributed by atoms with van der Waals surface area (Å²) in [5.41, 5.74) is 5.61. The average Bonchev–Trinajstić information content (AvgIpc) is 2.97. The minimum atomic E-state index is 0.902. The van der Waals surface area contributed by atoms with Crippen LogP contribution in [0.4, 0.5) is 0 Å². The Bertz CT molecular complexity index is 976. The van der Waals surface area contributed by atoms with Crippen molar-refractivity contribution in [3.05, 3.63) is 54.1 Å². The molecule has 4 aromatic rings. The first-order valence-electron chi connectivity index (χ1n) is 7.10. The van der Waals surface area contributed by atoms with Crippen molar-refractivity contribution in [3.8, 4) is 11.5 Å². The van der Waals surface area contributed by atoms with Gasteiger partial charge in [-0.05, 0) is 30.7 Å². The second-order valence-electron chi connectivity index (χ2n) is 5.51. The third-order valence-corrected chi connectivity index (χ3v) is 4.24. The largest absolute Gasteiger partial charge is 0.382 e. The zero-order chi connectivity index (χ0) is 14.6. The third kappa shape index (κ3) is 1.57. The Balaban J connectivity index is 2.13. The average molecular weight is 277 g/mol. The Hall–Kier alpha value is -2.55. The van der Waals surface area contributed by atoms with Crippen molar-refractivity contribution in [2.75, 3.05) is 0 Å². The van der Waals surface area contributed by atoms with Gasteiger partial charge < -0.3 is 8.98 Å². The van der Waals surface area contributed by atoms with Gasteiger partial charge in [-0.3, -0.25) is 0 Å². The molecule has 2 aromatic heterocycles. The van der Waals surface area contributed by atoms with Gasteiger partial charge in [-0.15, -0.1) is 0 Å². The molecule has 0 aliphatic heterocycles. The van der Waals surface area contributed by atoms with E-state index in [1.165, 1.54) is 16.5 Å². The fraction of sp³-hybridized carbons (Fsp3) is 0.167. The predicted octanol–water partition coefficient (Wildman–Crippen LogP) is 3.72. The van der Waals surface area contributed by atoms with E-state index in [-0.39, 0.29) is 0 Å². The molecule has 0 radical (unpaired) electrons. The van der Waals surface area contributed by atoms with Crippen LogP contribution in [-0.4, -0.2) is 4.57 Å². The summed E-state index contributed by atoms with van der Waals surface area (Å²) >= 11 is 0. The number of aryl methyl sites for hydroxylation is 3.